The first-order valence-electron chi connectivity index (χ1n) is 9.57. The lowest BCUT2D eigenvalue weighted by molar-refractivity contribution is -0.141. The predicted molar refractivity (Wildman–Crippen MR) is 112 cm³/mol. The van der Waals surface area contributed by atoms with Gasteiger partial charge < -0.3 is 14.9 Å². The van der Waals surface area contributed by atoms with Crippen LogP contribution in [0.3, 0.4) is 0 Å². The molecule has 0 amide bonds. The van der Waals surface area contributed by atoms with E-state index in [2.05, 4.69) is 34.7 Å². The van der Waals surface area contributed by atoms with Gasteiger partial charge in [0.15, 0.2) is 0 Å². The van der Waals surface area contributed by atoms with E-state index in [1.165, 1.54) is 12.3 Å². The second kappa shape index (κ2) is 8.83. The molecule has 1 aliphatic heterocycles. The second-order valence-electron chi connectivity index (χ2n) is 7.50. The third kappa shape index (κ3) is 4.80. The van der Waals surface area contributed by atoms with Crippen LogP contribution < -0.4 is 9.80 Å². The van der Waals surface area contributed by atoms with Crippen molar-refractivity contribution in [2.24, 2.45) is 5.92 Å². The Labute approximate surface area is 173 Å². The maximum absolute atomic E-state index is 12.8. The lowest BCUT2D eigenvalue weighted by atomic mass is 9.98. The lowest BCUT2D eigenvalue weighted by Crippen LogP contribution is -2.55. The molecule has 2 aromatic rings. The Morgan fingerprint density at radius 2 is 1.90 bits per heavy atom. The van der Waals surface area contributed by atoms with Crippen molar-refractivity contribution in [3.63, 3.8) is 0 Å². The standard InChI is InChI=1S/C21H26F3N3OS/c1-14(2)18-12-26(16-5-4-15(13-28)19(10-16)29-3)8-9-27(18)17-6-7-20(25-11-17)21(22,23)24/h4-7,10-11,14,18,28H,8-9,12-13H2,1-3H3. The van der Waals surface area contributed by atoms with Crippen molar-refractivity contribution in [2.45, 2.75) is 37.6 Å². The molecule has 0 saturated carbocycles. The average Bonchev–Trinajstić information content (AvgIpc) is 2.72. The number of anilines is 2. The van der Waals surface area contributed by atoms with Crippen LogP contribution in [-0.4, -0.2) is 42.0 Å². The maximum atomic E-state index is 12.8. The van der Waals surface area contributed by atoms with Crippen LogP contribution in [0.2, 0.25) is 0 Å². The highest BCUT2D eigenvalue weighted by Gasteiger charge is 2.34. The molecule has 0 aliphatic carbocycles. The molecule has 0 radical (unpaired) electrons. The van der Waals surface area contributed by atoms with E-state index < -0.39 is 11.9 Å². The van der Waals surface area contributed by atoms with E-state index in [1.54, 1.807) is 11.8 Å². The van der Waals surface area contributed by atoms with Crippen LogP contribution in [-0.2, 0) is 12.8 Å². The Kier molecular flexibility index (Phi) is 6.63. The summed E-state index contributed by atoms with van der Waals surface area (Å²) in [5.74, 6) is 0.317. The van der Waals surface area contributed by atoms with Crippen molar-refractivity contribution in [3.05, 3.63) is 47.8 Å². The summed E-state index contributed by atoms with van der Waals surface area (Å²) in [7, 11) is 0. The number of nitrogens with zero attached hydrogens (tertiary/aromatic N) is 3. The molecule has 1 aromatic carbocycles. The minimum atomic E-state index is -4.43. The molecule has 2 heterocycles. The molecule has 8 heteroatoms. The van der Waals surface area contributed by atoms with E-state index in [4.69, 9.17) is 0 Å². The summed E-state index contributed by atoms with van der Waals surface area (Å²) in [6.07, 6.45) is -1.11. The van der Waals surface area contributed by atoms with Gasteiger partial charge in [-0.25, -0.2) is 4.98 Å². The average molecular weight is 426 g/mol. The summed E-state index contributed by atoms with van der Waals surface area (Å²) in [4.78, 5) is 9.15. The molecule has 0 bridgehead atoms. The minimum Gasteiger partial charge on any atom is -0.392 e. The van der Waals surface area contributed by atoms with Crippen LogP contribution in [0.4, 0.5) is 24.5 Å². The summed E-state index contributed by atoms with van der Waals surface area (Å²) in [5, 5.41) is 9.49. The van der Waals surface area contributed by atoms with Gasteiger partial charge in [-0.2, -0.15) is 13.2 Å². The largest absolute Gasteiger partial charge is 0.433 e. The molecule has 1 atom stereocenters. The minimum absolute atomic E-state index is 0.0137. The molecule has 1 saturated heterocycles. The lowest BCUT2D eigenvalue weighted by Gasteiger charge is -2.45. The van der Waals surface area contributed by atoms with E-state index in [0.717, 1.165) is 41.0 Å². The van der Waals surface area contributed by atoms with Crippen molar-refractivity contribution in [1.29, 1.82) is 0 Å². The SMILES string of the molecule is CSc1cc(N2CCN(c3ccc(C(F)(F)F)nc3)C(C(C)C)C2)ccc1CO. The second-order valence-corrected chi connectivity index (χ2v) is 8.35. The zero-order chi connectivity index (χ0) is 21.2. The molecule has 1 aromatic heterocycles. The van der Waals surface area contributed by atoms with Gasteiger partial charge in [0.1, 0.15) is 5.69 Å². The molecule has 158 valence electrons. The van der Waals surface area contributed by atoms with Crippen LogP contribution in [0.1, 0.15) is 25.1 Å². The molecule has 1 fully saturated rings. The number of thioether (sulfide) groups is 1. The molecule has 1 unspecified atom stereocenters. The number of aliphatic hydroxyl groups is 1. The fourth-order valence-corrected chi connectivity index (χ4v) is 4.35. The van der Waals surface area contributed by atoms with E-state index in [0.29, 0.717) is 12.5 Å². The third-order valence-electron chi connectivity index (χ3n) is 5.36. The monoisotopic (exact) mass is 425 g/mol. The van der Waals surface area contributed by atoms with Crippen LogP contribution in [0, 0.1) is 5.92 Å². The molecule has 29 heavy (non-hydrogen) atoms. The summed E-state index contributed by atoms with van der Waals surface area (Å²) in [6.45, 7) is 6.50. The number of aliphatic hydroxyl groups excluding tert-OH is 1. The van der Waals surface area contributed by atoms with Crippen molar-refractivity contribution < 1.29 is 18.3 Å². The van der Waals surface area contributed by atoms with Crippen LogP contribution in [0.25, 0.3) is 0 Å². The number of hydrogen-bond donors (Lipinski definition) is 1. The Balaban J connectivity index is 1.81. The fourth-order valence-electron chi connectivity index (χ4n) is 3.72. The summed E-state index contributed by atoms with van der Waals surface area (Å²) < 4.78 is 38.5. The van der Waals surface area contributed by atoms with Gasteiger partial charge in [0.25, 0.3) is 0 Å². The van der Waals surface area contributed by atoms with Crippen molar-refractivity contribution in [2.75, 3.05) is 35.7 Å². The molecule has 4 nitrogen and oxygen atoms in total. The van der Waals surface area contributed by atoms with Gasteiger partial charge in [-0.15, -0.1) is 11.8 Å². The number of aromatic nitrogens is 1. The first kappa shape index (κ1) is 21.8. The number of rotatable bonds is 5. The number of pyridine rings is 1. The van der Waals surface area contributed by atoms with E-state index in [1.807, 2.05) is 18.4 Å². The van der Waals surface area contributed by atoms with Gasteiger partial charge >= 0.3 is 6.18 Å². The highest BCUT2D eigenvalue weighted by molar-refractivity contribution is 7.98. The van der Waals surface area contributed by atoms with E-state index >= 15 is 0 Å². The molecule has 3 rings (SSSR count). The molecular formula is C21H26F3N3OS. The van der Waals surface area contributed by atoms with Crippen LogP contribution >= 0.6 is 11.8 Å². The van der Waals surface area contributed by atoms with Gasteiger partial charge in [0, 0.05) is 36.3 Å². The smallest absolute Gasteiger partial charge is 0.392 e. The quantitative estimate of drug-likeness (QED) is 0.705. The van der Waals surface area contributed by atoms with Gasteiger partial charge in [-0.3, -0.25) is 0 Å². The molecular weight excluding hydrogens is 399 g/mol. The molecule has 1 N–H and O–H groups in total. The van der Waals surface area contributed by atoms with Gasteiger partial charge in [0.2, 0.25) is 0 Å². The van der Waals surface area contributed by atoms with E-state index in [9.17, 15) is 18.3 Å². The van der Waals surface area contributed by atoms with Gasteiger partial charge in [-0.1, -0.05) is 19.9 Å². The highest BCUT2D eigenvalue weighted by atomic mass is 32.2. The number of halogens is 3. The summed E-state index contributed by atoms with van der Waals surface area (Å²) in [6, 6.07) is 8.80. The molecule has 0 spiro atoms. The van der Waals surface area contributed by atoms with E-state index in [-0.39, 0.29) is 12.6 Å². The topological polar surface area (TPSA) is 39.6 Å². The Morgan fingerprint density at radius 3 is 2.45 bits per heavy atom. The number of hydrogen-bond acceptors (Lipinski definition) is 5. The Morgan fingerprint density at radius 1 is 1.17 bits per heavy atom. The summed E-state index contributed by atoms with van der Waals surface area (Å²) in [5.41, 5.74) is 1.87. The normalized spacial score (nSPS) is 17.9. The van der Waals surface area contributed by atoms with Crippen LogP contribution in [0.15, 0.2) is 41.4 Å². The third-order valence-corrected chi connectivity index (χ3v) is 6.18. The highest BCUT2D eigenvalue weighted by Crippen LogP contribution is 2.32. The van der Waals surface area contributed by atoms with Crippen molar-refractivity contribution in [3.8, 4) is 0 Å². The van der Waals surface area contributed by atoms with Gasteiger partial charge in [-0.05, 0) is 42.0 Å². The Bertz CT molecular complexity index is 827. The first-order valence-corrected chi connectivity index (χ1v) is 10.8. The number of piperazine rings is 1. The maximum Gasteiger partial charge on any atom is 0.433 e. The van der Waals surface area contributed by atoms with Gasteiger partial charge in [0.05, 0.1) is 18.5 Å². The number of benzene rings is 1. The zero-order valence-corrected chi connectivity index (χ0v) is 17.6. The first-order chi connectivity index (χ1) is 13.7. The zero-order valence-electron chi connectivity index (χ0n) is 16.8. The Hall–Kier alpha value is -1.93. The number of alkyl halides is 3. The predicted octanol–water partition coefficient (Wildman–Crippen LogP) is 4.67. The fraction of sp³-hybridized carbons (Fsp3) is 0.476. The van der Waals surface area contributed by atoms with Crippen LogP contribution in [0.5, 0.6) is 0 Å². The van der Waals surface area contributed by atoms with Crippen molar-refractivity contribution >= 4 is 23.1 Å². The van der Waals surface area contributed by atoms with Crippen molar-refractivity contribution in [1.82, 2.24) is 4.98 Å². The summed E-state index contributed by atoms with van der Waals surface area (Å²) >= 11 is 1.61. The molecule has 1 aliphatic rings.